The maximum Gasteiger partial charge on any atom is 0.429 e. The fourth-order valence-electron chi connectivity index (χ4n) is 4.02. The molecule has 0 fully saturated rings. The van der Waals surface area contributed by atoms with Gasteiger partial charge < -0.3 is 9.47 Å². The highest BCUT2D eigenvalue weighted by Gasteiger charge is 2.45. The molecule has 1 aliphatic rings. The largest absolute Gasteiger partial charge is 0.449 e. The molecule has 7 nitrogen and oxygen atoms in total. The van der Waals surface area contributed by atoms with E-state index in [1.54, 1.807) is 20.8 Å². The Morgan fingerprint density at radius 3 is 2.23 bits per heavy atom. The van der Waals surface area contributed by atoms with E-state index >= 15 is 0 Å². The van der Waals surface area contributed by atoms with E-state index < -0.39 is 18.2 Å². The normalized spacial score (nSPS) is 17.1. The van der Waals surface area contributed by atoms with Crippen LogP contribution in [-0.2, 0) is 20.3 Å². The lowest BCUT2D eigenvalue weighted by atomic mass is 9.78. The maximum absolute atomic E-state index is 12.8. The van der Waals surface area contributed by atoms with Crippen LogP contribution in [0.1, 0.15) is 94.9 Å². The Kier molecular flexibility index (Phi) is 6.84. The minimum absolute atomic E-state index is 0.0212. The summed E-state index contributed by atoms with van der Waals surface area (Å²) in [5.74, 6) is -0.0212. The zero-order chi connectivity index (χ0) is 22.9. The highest BCUT2D eigenvalue weighted by molar-refractivity contribution is 5.97. The molecular formula is C23H34N2O5. The van der Waals surface area contributed by atoms with Crippen LogP contribution in [0.5, 0.6) is 0 Å². The van der Waals surface area contributed by atoms with Crippen LogP contribution in [-0.4, -0.2) is 36.2 Å². The number of hydrogen-bond acceptors (Lipinski definition) is 5. The molecule has 1 aliphatic carbocycles. The van der Waals surface area contributed by atoms with Gasteiger partial charge in [0.1, 0.15) is 0 Å². The zero-order valence-electron chi connectivity index (χ0n) is 19.3. The average Bonchev–Trinajstić information content (AvgIpc) is 2.89. The molecule has 1 unspecified atom stereocenters. The lowest BCUT2D eigenvalue weighted by molar-refractivity contribution is 0.0522. The van der Waals surface area contributed by atoms with Gasteiger partial charge in [-0.15, -0.1) is 0 Å². The van der Waals surface area contributed by atoms with Crippen molar-refractivity contribution >= 4 is 18.0 Å². The average molecular weight is 419 g/mol. The molecule has 0 heterocycles. The number of nitrogens with zero attached hydrogens (tertiary/aromatic N) is 1. The van der Waals surface area contributed by atoms with Crippen molar-refractivity contribution in [1.82, 2.24) is 10.4 Å². The number of hydrogen-bond donors (Lipinski definition) is 1. The van der Waals surface area contributed by atoms with Gasteiger partial charge in [-0.3, -0.25) is 4.79 Å². The van der Waals surface area contributed by atoms with Crippen molar-refractivity contribution in [2.24, 2.45) is 0 Å². The molecule has 1 aromatic rings. The molecule has 1 N–H and O–H groups in total. The van der Waals surface area contributed by atoms with Gasteiger partial charge in [0.25, 0.3) is 0 Å². The van der Waals surface area contributed by atoms with E-state index in [9.17, 15) is 14.4 Å². The number of hydrazine groups is 1. The summed E-state index contributed by atoms with van der Waals surface area (Å²) in [6.07, 6.45) is -0.859. The number of ketones is 1. The number of benzene rings is 1. The molecular weight excluding hydrogens is 384 g/mol. The van der Waals surface area contributed by atoms with Gasteiger partial charge in [-0.25, -0.2) is 20.0 Å². The first-order valence-electron chi connectivity index (χ1n) is 10.4. The molecule has 166 valence electrons. The van der Waals surface area contributed by atoms with Crippen LogP contribution in [0, 0.1) is 0 Å². The standard InChI is InChI=1S/C23H34N2O5/c1-9-29-20(27)24-25(21(28)30-10-2)18-13-23(7,8)19-16(14(3)26)11-15(12-17(18)19)22(4,5)6/h11-12,18H,9-10,13H2,1-8H3,(H,24,27). The summed E-state index contributed by atoms with van der Waals surface area (Å²) >= 11 is 0. The van der Waals surface area contributed by atoms with E-state index in [4.69, 9.17) is 9.47 Å². The van der Waals surface area contributed by atoms with E-state index in [1.807, 2.05) is 26.0 Å². The number of fused-ring (bicyclic) bond motifs is 1. The highest BCUT2D eigenvalue weighted by Crippen LogP contribution is 2.50. The zero-order valence-corrected chi connectivity index (χ0v) is 19.3. The molecule has 30 heavy (non-hydrogen) atoms. The molecule has 0 aromatic heterocycles. The summed E-state index contributed by atoms with van der Waals surface area (Å²) in [4.78, 5) is 37.5. The molecule has 2 rings (SSSR count). The topological polar surface area (TPSA) is 84.9 Å². The summed E-state index contributed by atoms with van der Waals surface area (Å²) in [6.45, 7) is 15.6. The molecule has 1 atom stereocenters. The van der Waals surface area contributed by atoms with Gasteiger partial charge in [0.15, 0.2) is 5.78 Å². The summed E-state index contributed by atoms with van der Waals surface area (Å²) in [5.41, 5.74) is 5.38. The van der Waals surface area contributed by atoms with Crippen molar-refractivity contribution in [3.05, 3.63) is 34.4 Å². The number of rotatable bonds is 4. The lowest BCUT2D eigenvalue weighted by Crippen LogP contribution is -2.48. The van der Waals surface area contributed by atoms with Crippen molar-refractivity contribution in [3.8, 4) is 0 Å². The fourth-order valence-corrected chi connectivity index (χ4v) is 4.02. The minimum atomic E-state index is -0.726. The van der Waals surface area contributed by atoms with Crippen LogP contribution in [0.15, 0.2) is 12.1 Å². The molecule has 0 bridgehead atoms. The summed E-state index contributed by atoms with van der Waals surface area (Å²) in [7, 11) is 0. The van der Waals surface area contributed by atoms with E-state index in [0.29, 0.717) is 12.0 Å². The van der Waals surface area contributed by atoms with Gasteiger partial charge in [0.05, 0.1) is 19.3 Å². The predicted molar refractivity (Wildman–Crippen MR) is 115 cm³/mol. The summed E-state index contributed by atoms with van der Waals surface area (Å²) < 4.78 is 10.2. The van der Waals surface area contributed by atoms with Crippen LogP contribution in [0.3, 0.4) is 0 Å². The molecule has 0 aliphatic heterocycles. The first kappa shape index (κ1) is 23.7. The van der Waals surface area contributed by atoms with Crippen molar-refractivity contribution < 1.29 is 23.9 Å². The third-order valence-electron chi connectivity index (χ3n) is 5.42. The van der Waals surface area contributed by atoms with Crippen molar-refractivity contribution in [1.29, 1.82) is 0 Å². The van der Waals surface area contributed by atoms with Crippen molar-refractivity contribution in [2.75, 3.05) is 13.2 Å². The van der Waals surface area contributed by atoms with Gasteiger partial charge >= 0.3 is 12.2 Å². The number of ether oxygens (including phenoxy) is 2. The number of amides is 2. The second-order valence-corrected chi connectivity index (χ2v) is 9.30. The van der Waals surface area contributed by atoms with Gasteiger partial charge in [-0.1, -0.05) is 40.7 Å². The Morgan fingerprint density at radius 1 is 1.13 bits per heavy atom. The number of carbonyl (C=O) groups excluding carboxylic acids is 3. The lowest BCUT2D eigenvalue weighted by Gasteiger charge is -2.30. The predicted octanol–water partition coefficient (Wildman–Crippen LogP) is 5.03. The molecule has 2 amide bonds. The van der Waals surface area contributed by atoms with Gasteiger partial charge in [0.2, 0.25) is 0 Å². The Balaban J connectivity index is 2.68. The van der Waals surface area contributed by atoms with E-state index in [0.717, 1.165) is 16.7 Å². The van der Waals surface area contributed by atoms with E-state index in [1.165, 1.54) is 5.01 Å². The monoisotopic (exact) mass is 418 g/mol. The third-order valence-corrected chi connectivity index (χ3v) is 5.42. The number of carbonyl (C=O) groups is 3. The molecule has 0 radical (unpaired) electrons. The molecule has 0 spiro atoms. The third kappa shape index (κ3) is 4.77. The SMILES string of the molecule is CCOC(=O)NN(C(=O)OCC)C1CC(C)(C)c2c(C(C)=O)cc(C(C)(C)C)cc21. The van der Waals surface area contributed by atoms with Crippen LogP contribution in [0.4, 0.5) is 9.59 Å². The first-order chi connectivity index (χ1) is 13.8. The fraction of sp³-hybridized carbons (Fsp3) is 0.609. The minimum Gasteiger partial charge on any atom is -0.449 e. The number of Topliss-reactive ketones (excluding diaryl/α,β-unsaturated/α-hetero) is 1. The van der Waals surface area contributed by atoms with Gasteiger partial charge in [0, 0.05) is 5.56 Å². The molecule has 0 saturated carbocycles. The Hall–Kier alpha value is -2.57. The van der Waals surface area contributed by atoms with E-state index in [2.05, 4.69) is 26.2 Å². The second kappa shape index (κ2) is 8.66. The van der Waals surface area contributed by atoms with Crippen molar-refractivity contribution in [3.63, 3.8) is 0 Å². The quantitative estimate of drug-likeness (QED) is 0.548. The Labute approximate surface area is 179 Å². The number of nitrogens with one attached hydrogen (secondary N) is 1. The van der Waals surface area contributed by atoms with Crippen LogP contribution in [0.25, 0.3) is 0 Å². The second-order valence-electron chi connectivity index (χ2n) is 9.30. The summed E-state index contributed by atoms with van der Waals surface area (Å²) in [6, 6.07) is 3.51. The first-order valence-corrected chi connectivity index (χ1v) is 10.4. The van der Waals surface area contributed by atoms with Crippen LogP contribution in [0.2, 0.25) is 0 Å². The Morgan fingerprint density at radius 2 is 1.73 bits per heavy atom. The molecule has 1 aromatic carbocycles. The highest BCUT2D eigenvalue weighted by atomic mass is 16.6. The van der Waals surface area contributed by atoms with Gasteiger partial charge in [-0.2, -0.15) is 0 Å². The summed E-state index contributed by atoms with van der Waals surface area (Å²) in [5, 5.41) is 1.20. The van der Waals surface area contributed by atoms with Crippen molar-refractivity contribution in [2.45, 2.75) is 78.7 Å². The molecule has 7 heteroatoms. The van der Waals surface area contributed by atoms with Gasteiger partial charge in [-0.05, 0) is 60.8 Å². The van der Waals surface area contributed by atoms with Crippen LogP contribution >= 0.6 is 0 Å². The molecule has 0 saturated heterocycles. The Bertz CT molecular complexity index is 839. The van der Waals surface area contributed by atoms with Crippen LogP contribution < -0.4 is 5.43 Å². The maximum atomic E-state index is 12.8. The van der Waals surface area contributed by atoms with E-state index in [-0.39, 0.29) is 29.8 Å². The smallest absolute Gasteiger partial charge is 0.429 e.